The first-order chi connectivity index (χ1) is 6.93. The molecule has 0 spiro atoms. The van der Waals surface area contributed by atoms with Crippen LogP contribution in [0.5, 0.6) is 0 Å². The summed E-state index contributed by atoms with van der Waals surface area (Å²) in [6, 6.07) is 0. The van der Waals surface area contributed by atoms with Crippen molar-refractivity contribution in [1.29, 1.82) is 0 Å². The lowest BCUT2D eigenvalue weighted by Crippen LogP contribution is -2.30. The summed E-state index contributed by atoms with van der Waals surface area (Å²) in [5.74, 6) is -0.209. The van der Waals surface area contributed by atoms with Gasteiger partial charge in [-0.15, -0.1) is 0 Å². The van der Waals surface area contributed by atoms with Gasteiger partial charge in [0.1, 0.15) is 11.9 Å². The molecule has 1 N–H and O–H groups in total. The van der Waals surface area contributed by atoms with Crippen LogP contribution in [0.3, 0.4) is 0 Å². The van der Waals surface area contributed by atoms with E-state index in [1.807, 2.05) is 20.8 Å². The lowest BCUT2D eigenvalue weighted by Gasteiger charge is -2.27. The molecule has 15 heavy (non-hydrogen) atoms. The summed E-state index contributed by atoms with van der Waals surface area (Å²) < 4.78 is 5.15. The van der Waals surface area contributed by atoms with Crippen LogP contribution in [0.15, 0.2) is 35.6 Å². The highest BCUT2D eigenvalue weighted by Gasteiger charge is 2.28. The van der Waals surface area contributed by atoms with Crippen molar-refractivity contribution in [1.82, 2.24) is 0 Å². The molecule has 2 unspecified atom stereocenters. The topological polar surface area (TPSA) is 46.5 Å². The Morgan fingerprint density at radius 3 is 2.67 bits per heavy atom. The first-order valence-corrected chi connectivity index (χ1v) is 4.91. The third-order valence-electron chi connectivity index (χ3n) is 2.77. The molecule has 0 radical (unpaired) electrons. The average molecular weight is 208 g/mol. The van der Waals surface area contributed by atoms with Crippen molar-refractivity contribution in [2.24, 2.45) is 5.92 Å². The van der Waals surface area contributed by atoms with E-state index in [2.05, 4.69) is 6.58 Å². The van der Waals surface area contributed by atoms with Crippen LogP contribution in [0, 0.1) is 5.92 Å². The fourth-order valence-corrected chi connectivity index (χ4v) is 1.47. The van der Waals surface area contributed by atoms with Crippen molar-refractivity contribution in [2.45, 2.75) is 26.9 Å². The number of cyclic esters (lactones) is 1. The van der Waals surface area contributed by atoms with E-state index in [-0.39, 0.29) is 23.8 Å². The van der Waals surface area contributed by atoms with Gasteiger partial charge in [-0.1, -0.05) is 19.1 Å². The predicted molar refractivity (Wildman–Crippen MR) is 58.3 cm³/mol. The molecule has 0 aromatic carbocycles. The number of aliphatic hydroxyl groups is 1. The zero-order chi connectivity index (χ0) is 11.6. The van der Waals surface area contributed by atoms with Crippen molar-refractivity contribution in [3.8, 4) is 0 Å². The molecule has 0 aromatic heterocycles. The van der Waals surface area contributed by atoms with E-state index in [9.17, 15) is 4.79 Å². The van der Waals surface area contributed by atoms with E-state index in [1.165, 1.54) is 6.08 Å². The van der Waals surface area contributed by atoms with E-state index < -0.39 is 0 Å². The lowest BCUT2D eigenvalue weighted by molar-refractivity contribution is -0.146. The van der Waals surface area contributed by atoms with Crippen LogP contribution in [-0.4, -0.2) is 17.2 Å². The van der Waals surface area contributed by atoms with Crippen LogP contribution in [-0.2, 0) is 9.53 Å². The number of hydrogen-bond donors (Lipinski definition) is 1. The van der Waals surface area contributed by atoms with Crippen LogP contribution >= 0.6 is 0 Å². The zero-order valence-electron chi connectivity index (χ0n) is 9.28. The van der Waals surface area contributed by atoms with Gasteiger partial charge in [-0.3, -0.25) is 0 Å². The Bertz CT molecular complexity index is 350. The quantitative estimate of drug-likeness (QED) is 0.431. The molecular weight excluding hydrogens is 192 g/mol. The van der Waals surface area contributed by atoms with Gasteiger partial charge in [-0.25, -0.2) is 4.79 Å². The molecule has 0 saturated carbocycles. The number of carbonyl (C=O) groups is 1. The zero-order valence-corrected chi connectivity index (χ0v) is 9.28. The highest BCUT2D eigenvalue weighted by atomic mass is 16.5. The van der Waals surface area contributed by atoms with Crippen LogP contribution in [0.1, 0.15) is 20.8 Å². The van der Waals surface area contributed by atoms with Crippen LogP contribution in [0.4, 0.5) is 0 Å². The Balaban J connectivity index is 3.03. The SMILES string of the molecule is C=C(O)/C=C\C1=C(C)C(C)C(C)OC1=O. The summed E-state index contributed by atoms with van der Waals surface area (Å²) in [4.78, 5) is 11.5. The van der Waals surface area contributed by atoms with Gasteiger partial charge >= 0.3 is 5.97 Å². The lowest BCUT2D eigenvalue weighted by atomic mass is 9.90. The molecule has 1 heterocycles. The van der Waals surface area contributed by atoms with Gasteiger partial charge < -0.3 is 9.84 Å². The largest absolute Gasteiger partial charge is 0.509 e. The molecule has 3 heteroatoms. The highest BCUT2D eigenvalue weighted by molar-refractivity contribution is 5.93. The van der Waals surface area contributed by atoms with E-state index in [4.69, 9.17) is 9.84 Å². The standard InChI is InChI=1S/C12H16O3/c1-7(13)5-6-11-9(3)8(2)10(4)15-12(11)14/h5-6,8,10,13H,1H2,2-4H3/b6-5-. The number of carbonyl (C=O) groups excluding carboxylic acids is 1. The summed E-state index contributed by atoms with van der Waals surface area (Å²) in [7, 11) is 0. The second-order valence-corrected chi connectivity index (χ2v) is 3.82. The molecule has 3 nitrogen and oxygen atoms in total. The van der Waals surface area contributed by atoms with E-state index in [1.54, 1.807) is 6.08 Å². The van der Waals surface area contributed by atoms with Gasteiger partial charge in [-0.05, 0) is 26.0 Å². The molecule has 0 aliphatic carbocycles. The second-order valence-electron chi connectivity index (χ2n) is 3.82. The van der Waals surface area contributed by atoms with E-state index in [0.29, 0.717) is 5.57 Å². The minimum absolute atomic E-state index is 0.0747. The predicted octanol–water partition coefficient (Wildman–Crippen LogP) is 2.51. The van der Waals surface area contributed by atoms with Gasteiger partial charge in [0.05, 0.1) is 5.57 Å². The van der Waals surface area contributed by atoms with Crippen molar-refractivity contribution in [2.75, 3.05) is 0 Å². The maximum absolute atomic E-state index is 11.5. The van der Waals surface area contributed by atoms with E-state index >= 15 is 0 Å². The van der Waals surface area contributed by atoms with Crippen LogP contribution in [0.2, 0.25) is 0 Å². The fourth-order valence-electron chi connectivity index (χ4n) is 1.47. The Kier molecular flexibility index (Phi) is 3.35. The third kappa shape index (κ3) is 2.49. The molecule has 0 fully saturated rings. The third-order valence-corrected chi connectivity index (χ3v) is 2.77. The molecular formula is C12H16O3. The number of allylic oxidation sites excluding steroid dienone is 1. The monoisotopic (exact) mass is 208 g/mol. The normalized spacial score (nSPS) is 27.0. The minimum Gasteiger partial charge on any atom is -0.509 e. The molecule has 1 aliphatic heterocycles. The van der Waals surface area contributed by atoms with Gasteiger partial charge in [0.15, 0.2) is 0 Å². The fraction of sp³-hybridized carbons (Fsp3) is 0.417. The van der Waals surface area contributed by atoms with Gasteiger partial charge in [0.25, 0.3) is 0 Å². The number of aliphatic hydroxyl groups excluding tert-OH is 1. The van der Waals surface area contributed by atoms with Gasteiger partial charge in [-0.2, -0.15) is 0 Å². The summed E-state index contributed by atoms with van der Waals surface area (Å²) >= 11 is 0. The summed E-state index contributed by atoms with van der Waals surface area (Å²) in [5.41, 5.74) is 1.49. The molecule has 0 bridgehead atoms. The summed E-state index contributed by atoms with van der Waals surface area (Å²) in [6.07, 6.45) is 2.84. The Morgan fingerprint density at radius 2 is 2.13 bits per heavy atom. The summed E-state index contributed by atoms with van der Waals surface area (Å²) in [5, 5.41) is 8.92. The first-order valence-electron chi connectivity index (χ1n) is 4.91. The smallest absolute Gasteiger partial charge is 0.338 e. The Morgan fingerprint density at radius 1 is 1.53 bits per heavy atom. The number of hydrogen-bond acceptors (Lipinski definition) is 3. The molecule has 1 rings (SSSR count). The van der Waals surface area contributed by atoms with Gasteiger partial charge in [0.2, 0.25) is 0 Å². The highest BCUT2D eigenvalue weighted by Crippen LogP contribution is 2.27. The number of ether oxygens (including phenoxy) is 1. The maximum Gasteiger partial charge on any atom is 0.338 e. The average Bonchev–Trinajstić information content (AvgIpc) is 2.14. The van der Waals surface area contributed by atoms with E-state index in [0.717, 1.165) is 5.57 Å². The Labute approximate surface area is 89.7 Å². The number of esters is 1. The summed E-state index contributed by atoms with van der Waals surface area (Å²) in [6.45, 7) is 9.10. The van der Waals surface area contributed by atoms with Crippen LogP contribution in [0.25, 0.3) is 0 Å². The number of rotatable bonds is 2. The van der Waals surface area contributed by atoms with Crippen molar-refractivity contribution >= 4 is 5.97 Å². The second kappa shape index (κ2) is 4.34. The molecule has 0 aromatic rings. The van der Waals surface area contributed by atoms with Crippen molar-refractivity contribution < 1.29 is 14.6 Å². The molecule has 0 amide bonds. The van der Waals surface area contributed by atoms with Crippen molar-refractivity contribution in [3.63, 3.8) is 0 Å². The van der Waals surface area contributed by atoms with Crippen molar-refractivity contribution in [3.05, 3.63) is 35.6 Å². The minimum atomic E-state index is -0.337. The van der Waals surface area contributed by atoms with Crippen LogP contribution < -0.4 is 0 Å². The molecule has 2 atom stereocenters. The maximum atomic E-state index is 11.5. The Hall–Kier alpha value is -1.51. The molecule has 0 saturated heterocycles. The molecule has 82 valence electrons. The molecule has 1 aliphatic rings. The van der Waals surface area contributed by atoms with Gasteiger partial charge in [0, 0.05) is 5.92 Å². The first kappa shape index (κ1) is 11.6.